The van der Waals surface area contributed by atoms with Gasteiger partial charge in [0.15, 0.2) is 0 Å². The van der Waals surface area contributed by atoms with Crippen molar-refractivity contribution in [3.8, 4) is 0 Å². The van der Waals surface area contributed by atoms with Crippen molar-refractivity contribution in [2.24, 2.45) is 0 Å². The summed E-state index contributed by atoms with van der Waals surface area (Å²) in [5.74, 6) is 0.106. The highest BCUT2D eigenvalue weighted by atomic mass is 32.1. The molecule has 1 aromatic carbocycles. The molecule has 2 heterocycles. The second kappa shape index (κ2) is 6.63. The van der Waals surface area contributed by atoms with Crippen LogP contribution >= 0.6 is 11.3 Å². The van der Waals surface area contributed by atoms with Crippen molar-refractivity contribution in [1.82, 2.24) is 10.2 Å². The zero-order valence-electron chi connectivity index (χ0n) is 13.1. The molecule has 22 heavy (non-hydrogen) atoms. The second-order valence-corrected chi connectivity index (χ2v) is 6.98. The van der Waals surface area contributed by atoms with E-state index in [0.29, 0.717) is 6.54 Å². The second-order valence-electron chi connectivity index (χ2n) is 5.98. The van der Waals surface area contributed by atoms with Crippen LogP contribution in [0.2, 0.25) is 0 Å². The van der Waals surface area contributed by atoms with Crippen molar-refractivity contribution in [3.05, 3.63) is 57.3 Å². The first-order valence-electron chi connectivity index (χ1n) is 7.76. The van der Waals surface area contributed by atoms with Crippen LogP contribution in [0, 0.1) is 6.92 Å². The fourth-order valence-electron chi connectivity index (χ4n) is 3.08. The van der Waals surface area contributed by atoms with Crippen molar-refractivity contribution < 1.29 is 4.79 Å². The number of carbonyl (C=O) groups excluding carboxylic acids is 1. The molecule has 4 heteroatoms. The van der Waals surface area contributed by atoms with Crippen molar-refractivity contribution >= 4 is 17.2 Å². The molecule has 0 saturated carbocycles. The van der Waals surface area contributed by atoms with Crippen LogP contribution in [0.1, 0.15) is 34.5 Å². The van der Waals surface area contributed by atoms with E-state index in [-0.39, 0.29) is 11.9 Å². The molecular formula is C18H22N2OS. The van der Waals surface area contributed by atoms with Crippen LogP contribution in [-0.2, 0) is 17.8 Å². The summed E-state index contributed by atoms with van der Waals surface area (Å²) in [6.07, 6.45) is 1.06. The molecule has 3 rings (SSSR count). The van der Waals surface area contributed by atoms with Crippen LogP contribution in [-0.4, -0.2) is 23.9 Å². The topological polar surface area (TPSA) is 32.3 Å². The molecule has 1 amide bonds. The van der Waals surface area contributed by atoms with Gasteiger partial charge in [0.25, 0.3) is 0 Å². The Morgan fingerprint density at radius 2 is 2.18 bits per heavy atom. The number of nitrogens with zero attached hydrogens (tertiary/aromatic N) is 1. The quantitative estimate of drug-likeness (QED) is 0.939. The van der Waals surface area contributed by atoms with E-state index in [4.69, 9.17) is 0 Å². The Balaban J connectivity index is 1.56. The van der Waals surface area contributed by atoms with Crippen molar-refractivity contribution in [2.75, 3.05) is 13.1 Å². The highest BCUT2D eigenvalue weighted by Gasteiger charge is 2.20. The van der Waals surface area contributed by atoms with E-state index in [0.717, 1.165) is 19.5 Å². The molecule has 2 aromatic rings. The first-order chi connectivity index (χ1) is 10.6. The Hall–Kier alpha value is -1.65. The number of benzene rings is 1. The Bertz CT molecular complexity index is 665. The van der Waals surface area contributed by atoms with Gasteiger partial charge in [-0.3, -0.25) is 9.69 Å². The molecule has 1 unspecified atom stereocenters. The van der Waals surface area contributed by atoms with Gasteiger partial charge in [-0.1, -0.05) is 24.3 Å². The van der Waals surface area contributed by atoms with E-state index >= 15 is 0 Å². The summed E-state index contributed by atoms with van der Waals surface area (Å²) in [6.45, 7) is 6.48. The monoisotopic (exact) mass is 314 g/mol. The standard InChI is InChI=1S/C18H22N2OS/c1-13-5-3-4-6-16(13)14(2)19-18(21)12-20-9-7-17-15(11-20)8-10-22-17/h3-6,8,10,14H,7,9,11-12H2,1-2H3,(H,19,21). The van der Waals surface area contributed by atoms with Gasteiger partial charge in [-0.05, 0) is 48.4 Å². The van der Waals surface area contributed by atoms with Gasteiger partial charge in [0, 0.05) is 18.0 Å². The van der Waals surface area contributed by atoms with Gasteiger partial charge in [-0.25, -0.2) is 0 Å². The van der Waals surface area contributed by atoms with E-state index in [1.54, 1.807) is 0 Å². The first-order valence-corrected chi connectivity index (χ1v) is 8.64. The third-order valence-corrected chi connectivity index (χ3v) is 5.31. The number of rotatable bonds is 4. The van der Waals surface area contributed by atoms with E-state index < -0.39 is 0 Å². The molecule has 0 saturated heterocycles. The fraction of sp³-hybridized carbons (Fsp3) is 0.389. The molecule has 1 aliphatic rings. The van der Waals surface area contributed by atoms with Crippen LogP contribution in [0.15, 0.2) is 35.7 Å². The van der Waals surface area contributed by atoms with E-state index in [1.165, 1.54) is 21.6 Å². The number of nitrogens with one attached hydrogen (secondary N) is 1. The number of fused-ring (bicyclic) bond motifs is 1. The molecule has 0 radical (unpaired) electrons. The minimum atomic E-state index is 0.0511. The number of aryl methyl sites for hydroxylation is 1. The largest absolute Gasteiger partial charge is 0.348 e. The van der Waals surface area contributed by atoms with Crippen LogP contribution in [0.3, 0.4) is 0 Å². The smallest absolute Gasteiger partial charge is 0.234 e. The predicted octanol–water partition coefficient (Wildman–Crippen LogP) is 3.29. The third-order valence-electron chi connectivity index (χ3n) is 4.29. The average molecular weight is 314 g/mol. The molecule has 0 spiro atoms. The maximum Gasteiger partial charge on any atom is 0.234 e. The van der Waals surface area contributed by atoms with Crippen molar-refractivity contribution in [1.29, 1.82) is 0 Å². The van der Waals surface area contributed by atoms with Crippen molar-refractivity contribution in [3.63, 3.8) is 0 Å². The summed E-state index contributed by atoms with van der Waals surface area (Å²) >= 11 is 1.83. The summed E-state index contributed by atoms with van der Waals surface area (Å²) in [5, 5.41) is 5.27. The SMILES string of the molecule is Cc1ccccc1C(C)NC(=O)CN1CCc2sccc2C1. The molecule has 1 aromatic heterocycles. The number of hydrogen-bond donors (Lipinski definition) is 1. The minimum absolute atomic E-state index is 0.0511. The summed E-state index contributed by atoms with van der Waals surface area (Å²) in [5.41, 5.74) is 3.79. The lowest BCUT2D eigenvalue weighted by molar-refractivity contribution is -0.123. The van der Waals surface area contributed by atoms with E-state index in [2.05, 4.69) is 40.7 Å². The van der Waals surface area contributed by atoms with Gasteiger partial charge >= 0.3 is 0 Å². The lowest BCUT2D eigenvalue weighted by Gasteiger charge is -2.27. The minimum Gasteiger partial charge on any atom is -0.348 e. The molecule has 0 aliphatic carbocycles. The van der Waals surface area contributed by atoms with Crippen molar-refractivity contribution in [2.45, 2.75) is 32.9 Å². The van der Waals surface area contributed by atoms with E-state index in [1.807, 2.05) is 30.4 Å². The molecule has 3 nitrogen and oxygen atoms in total. The van der Waals surface area contributed by atoms with Crippen LogP contribution in [0.5, 0.6) is 0 Å². The average Bonchev–Trinajstić information content (AvgIpc) is 2.95. The zero-order valence-corrected chi connectivity index (χ0v) is 14.0. The summed E-state index contributed by atoms with van der Waals surface area (Å²) in [4.78, 5) is 16.0. The number of amides is 1. The predicted molar refractivity (Wildman–Crippen MR) is 91.0 cm³/mol. The van der Waals surface area contributed by atoms with E-state index in [9.17, 15) is 4.79 Å². The third kappa shape index (κ3) is 3.39. The van der Waals surface area contributed by atoms with Gasteiger partial charge in [-0.15, -0.1) is 11.3 Å². The molecule has 1 atom stereocenters. The molecular weight excluding hydrogens is 292 g/mol. The Labute approximate surface area is 136 Å². The maximum absolute atomic E-state index is 12.3. The maximum atomic E-state index is 12.3. The zero-order chi connectivity index (χ0) is 15.5. The van der Waals surface area contributed by atoms with Gasteiger partial charge in [0.2, 0.25) is 5.91 Å². The van der Waals surface area contributed by atoms with Gasteiger partial charge < -0.3 is 5.32 Å². The molecule has 1 aliphatic heterocycles. The normalized spacial score (nSPS) is 16.1. The van der Waals surface area contributed by atoms with Gasteiger partial charge in [-0.2, -0.15) is 0 Å². The Morgan fingerprint density at radius 1 is 1.36 bits per heavy atom. The number of hydrogen-bond acceptors (Lipinski definition) is 3. The summed E-state index contributed by atoms with van der Waals surface area (Å²) < 4.78 is 0. The number of carbonyl (C=O) groups is 1. The first kappa shape index (κ1) is 15.3. The molecule has 0 fully saturated rings. The van der Waals surface area contributed by atoms with Crippen LogP contribution in [0.4, 0.5) is 0 Å². The summed E-state index contributed by atoms with van der Waals surface area (Å²) in [6, 6.07) is 10.4. The lowest BCUT2D eigenvalue weighted by atomic mass is 10.0. The number of thiophene rings is 1. The Morgan fingerprint density at radius 3 is 3.00 bits per heavy atom. The highest BCUT2D eigenvalue weighted by molar-refractivity contribution is 7.10. The van der Waals surface area contributed by atoms with Gasteiger partial charge in [0.05, 0.1) is 12.6 Å². The lowest BCUT2D eigenvalue weighted by Crippen LogP contribution is -2.40. The molecule has 1 N–H and O–H groups in total. The fourth-order valence-corrected chi connectivity index (χ4v) is 3.97. The Kier molecular flexibility index (Phi) is 4.60. The highest BCUT2D eigenvalue weighted by Crippen LogP contribution is 2.23. The molecule has 116 valence electrons. The summed E-state index contributed by atoms with van der Waals surface area (Å²) in [7, 11) is 0. The van der Waals surface area contributed by atoms with Crippen LogP contribution < -0.4 is 5.32 Å². The van der Waals surface area contributed by atoms with Crippen LogP contribution in [0.25, 0.3) is 0 Å². The molecule has 0 bridgehead atoms. The van der Waals surface area contributed by atoms with Gasteiger partial charge in [0.1, 0.15) is 0 Å².